The van der Waals surface area contributed by atoms with Gasteiger partial charge in [0, 0.05) is 18.2 Å². The van der Waals surface area contributed by atoms with E-state index in [-0.39, 0.29) is 12.5 Å². The quantitative estimate of drug-likeness (QED) is 0.532. The predicted molar refractivity (Wildman–Crippen MR) is 112 cm³/mol. The number of carbonyl (C=O) groups is 1. The van der Waals surface area contributed by atoms with Gasteiger partial charge in [0.25, 0.3) is 5.91 Å². The molecule has 4 rings (SSSR count). The fourth-order valence-electron chi connectivity index (χ4n) is 3.25. The predicted octanol–water partition coefficient (Wildman–Crippen LogP) is 2.98. The zero-order valence-corrected chi connectivity index (χ0v) is 16.9. The molecule has 0 saturated heterocycles. The fourth-order valence-corrected chi connectivity index (χ4v) is 3.25. The van der Waals surface area contributed by atoms with Crippen molar-refractivity contribution in [2.24, 2.45) is 7.05 Å². The van der Waals surface area contributed by atoms with Crippen LogP contribution in [0, 0.1) is 0 Å². The minimum atomic E-state index is -0.203. The van der Waals surface area contributed by atoms with Gasteiger partial charge in [0.1, 0.15) is 12.1 Å². The normalized spacial score (nSPS) is 10.8. The number of benzene rings is 2. The van der Waals surface area contributed by atoms with Gasteiger partial charge in [0.15, 0.2) is 0 Å². The molecule has 0 spiro atoms. The third kappa shape index (κ3) is 3.80. The Morgan fingerprint density at radius 3 is 2.57 bits per heavy atom. The summed E-state index contributed by atoms with van der Waals surface area (Å²) < 4.78 is 12.2. The van der Waals surface area contributed by atoms with Crippen LogP contribution in [0.1, 0.15) is 16.1 Å². The number of ether oxygens (including phenoxy) is 2. The van der Waals surface area contributed by atoms with Gasteiger partial charge in [-0.25, -0.2) is 14.6 Å². The maximum absolute atomic E-state index is 12.6. The summed E-state index contributed by atoms with van der Waals surface area (Å²) in [5.41, 5.74) is 3.66. The van der Waals surface area contributed by atoms with Crippen LogP contribution in [0.4, 0.5) is 0 Å². The molecule has 0 aliphatic heterocycles. The Kier molecular flexibility index (Phi) is 5.30. The molecule has 2 aromatic heterocycles. The molecule has 1 N–H and O–H groups in total. The Bertz CT molecular complexity index is 1200. The van der Waals surface area contributed by atoms with E-state index in [0.29, 0.717) is 22.7 Å². The van der Waals surface area contributed by atoms with Gasteiger partial charge in [0.2, 0.25) is 5.88 Å². The van der Waals surface area contributed by atoms with Crippen molar-refractivity contribution in [2.45, 2.75) is 6.54 Å². The number of aryl methyl sites for hydroxylation is 1. The molecule has 152 valence electrons. The summed E-state index contributed by atoms with van der Waals surface area (Å²) >= 11 is 0. The molecule has 30 heavy (non-hydrogen) atoms. The Morgan fingerprint density at radius 1 is 1.03 bits per heavy atom. The summed E-state index contributed by atoms with van der Waals surface area (Å²) in [5.74, 6) is 1.23. The molecule has 2 aromatic carbocycles. The van der Waals surface area contributed by atoms with Crippen LogP contribution < -0.4 is 14.8 Å². The first-order valence-corrected chi connectivity index (χ1v) is 9.33. The van der Waals surface area contributed by atoms with E-state index in [2.05, 4.69) is 20.4 Å². The van der Waals surface area contributed by atoms with E-state index in [1.165, 1.54) is 6.33 Å². The van der Waals surface area contributed by atoms with Crippen LogP contribution >= 0.6 is 0 Å². The lowest BCUT2D eigenvalue weighted by Gasteiger charge is -2.07. The summed E-state index contributed by atoms with van der Waals surface area (Å²) in [6, 6.07) is 14.8. The molecular formula is C22H21N5O3. The van der Waals surface area contributed by atoms with Gasteiger partial charge >= 0.3 is 0 Å². The van der Waals surface area contributed by atoms with Gasteiger partial charge in [-0.2, -0.15) is 5.10 Å². The van der Waals surface area contributed by atoms with Crippen LogP contribution in [0.2, 0.25) is 0 Å². The summed E-state index contributed by atoms with van der Waals surface area (Å²) in [6.07, 6.45) is 1.49. The SMILES string of the molecule is COc1ccc(-c2cc(CNC(=O)c3ccc4c(OC)n(C)nc4c3)ncn2)cc1. The number of hydrogen-bond donors (Lipinski definition) is 1. The largest absolute Gasteiger partial charge is 0.497 e. The number of aromatic nitrogens is 4. The maximum atomic E-state index is 12.6. The van der Waals surface area contributed by atoms with Gasteiger partial charge in [-0.15, -0.1) is 0 Å². The number of rotatable bonds is 6. The number of fused-ring (bicyclic) bond motifs is 1. The van der Waals surface area contributed by atoms with E-state index >= 15 is 0 Å². The monoisotopic (exact) mass is 403 g/mol. The van der Waals surface area contributed by atoms with Crippen molar-refractivity contribution < 1.29 is 14.3 Å². The number of nitrogens with zero attached hydrogens (tertiary/aromatic N) is 4. The van der Waals surface area contributed by atoms with Gasteiger partial charge in [-0.3, -0.25) is 4.79 Å². The van der Waals surface area contributed by atoms with E-state index in [1.807, 2.05) is 36.4 Å². The summed E-state index contributed by atoms with van der Waals surface area (Å²) in [5, 5.41) is 8.14. The molecule has 1 amide bonds. The van der Waals surface area contributed by atoms with Gasteiger partial charge in [-0.1, -0.05) is 0 Å². The zero-order chi connectivity index (χ0) is 21.1. The van der Waals surface area contributed by atoms with Crippen molar-refractivity contribution in [3.8, 4) is 22.9 Å². The first-order valence-electron chi connectivity index (χ1n) is 9.33. The van der Waals surface area contributed by atoms with Crippen molar-refractivity contribution in [3.05, 3.63) is 66.1 Å². The van der Waals surface area contributed by atoms with Crippen LogP contribution in [0.25, 0.3) is 22.2 Å². The van der Waals surface area contributed by atoms with Crippen molar-refractivity contribution in [2.75, 3.05) is 14.2 Å². The Labute approximate surface area is 173 Å². The van der Waals surface area contributed by atoms with Crippen LogP contribution in [0.3, 0.4) is 0 Å². The Hall–Kier alpha value is -3.94. The van der Waals surface area contributed by atoms with Crippen LogP contribution in [-0.4, -0.2) is 39.9 Å². The summed E-state index contributed by atoms with van der Waals surface area (Å²) in [7, 11) is 5.02. The molecule has 2 heterocycles. The summed E-state index contributed by atoms with van der Waals surface area (Å²) in [6.45, 7) is 0.286. The van der Waals surface area contributed by atoms with E-state index in [4.69, 9.17) is 9.47 Å². The second-order valence-electron chi connectivity index (χ2n) is 6.67. The second kappa shape index (κ2) is 8.20. The highest BCUT2D eigenvalue weighted by Crippen LogP contribution is 2.25. The van der Waals surface area contributed by atoms with Crippen molar-refractivity contribution >= 4 is 16.8 Å². The summed E-state index contributed by atoms with van der Waals surface area (Å²) in [4.78, 5) is 21.2. The minimum Gasteiger partial charge on any atom is -0.497 e. The van der Waals surface area contributed by atoms with E-state index in [1.54, 1.807) is 38.1 Å². The smallest absolute Gasteiger partial charge is 0.251 e. The molecular weight excluding hydrogens is 382 g/mol. The Balaban J connectivity index is 1.48. The fraction of sp³-hybridized carbons (Fsp3) is 0.182. The lowest BCUT2D eigenvalue weighted by Crippen LogP contribution is -2.23. The lowest BCUT2D eigenvalue weighted by molar-refractivity contribution is 0.0950. The third-order valence-electron chi connectivity index (χ3n) is 4.77. The molecule has 0 aliphatic rings. The molecule has 0 saturated carbocycles. The van der Waals surface area contributed by atoms with Crippen LogP contribution in [-0.2, 0) is 13.6 Å². The van der Waals surface area contributed by atoms with Crippen LogP contribution in [0.5, 0.6) is 11.6 Å². The standard InChI is InChI=1S/C22H21N5O3/c1-27-22(30-3)18-9-6-15(10-20(18)26-27)21(28)23-12-16-11-19(25-13-24-16)14-4-7-17(29-2)8-5-14/h4-11,13H,12H2,1-3H3,(H,23,28). The van der Waals surface area contributed by atoms with E-state index in [9.17, 15) is 4.79 Å². The maximum Gasteiger partial charge on any atom is 0.251 e. The zero-order valence-electron chi connectivity index (χ0n) is 16.9. The van der Waals surface area contributed by atoms with Gasteiger partial charge < -0.3 is 14.8 Å². The topological polar surface area (TPSA) is 91.2 Å². The van der Waals surface area contributed by atoms with Crippen molar-refractivity contribution in [1.82, 2.24) is 25.1 Å². The molecule has 4 aromatic rings. The van der Waals surface area contributed by atoms with Gasteiger partial charge in [-0.05, 0) is 48.5 Å². The van der Waals surface area contributed by atoms with E-state index in [0.717, 1.165) is 22.4 Å². The molecule has 8 heteroatoms. The molecule has 8 nitrogen and oxygen atoms in total. The first-order chi connectivity index (χ1) is 14.6. The Morgan fingerprint density at radius 2 is 1.83 bits per heavy atom. The average Bonchev–Trinajstić information content (AvgIpc) is 3.11. The molecule has 0 atom stereocenters. The first kappa shape index (κ1) is 19.4. The lowest BCUT2D eigenvalue weighted by atomic mass is 10.1. The number of hydrogen-bond acceptors (Lipinski definition) is 6. The van der Waals surface area contributed by atoms with E-state index < -0.39 is 0 Å². The number of carbonyl (C=O) groups excluding carboxylic acids is 1. The molecule has 0 radical (unpaired) electrons. The highest BCUT2D eigenvalue weighted by Gasteiger charge is 2.13. The molecule has 0 unspecified atom stereocenters. The number of amides is 1. The number of nitrogens with one attached hydrogen (secondary N) is 1. The van der Waals surface area contributed by atoms with Crippen molar-refractivity contribution in [3.63, 3.8) is 0 Å². The highest BCUT2D eigenvalue weighted by atomic mass is 16.5. The average molecular weight is 403 g/mol. The highest BCUT2D eigenvalue weighted by molar-refractivity contribution is 5.98. The third-order valence-corrected chi connectivity index (χ3v) is 4.77. The van der Waals surface area contributed by atoms with Gasteiger partial charge in [0.05, 0.1) is 43.1 Å². The van der Waals surface area contributed by atoms with Crippen LogP contribution in [0.15, 0.2) is 54.9 Å². The molecule has 0 fully saturated rings. The second-order valence-corrected chi connectivity index (χ2v) is 6.67. The van der Waals surface area contributed by atoms with Crippen molar-refractivity contribution in [1.29, 1.82) is 0 Å². The molecule has 0 bridgehead atoms. The minimum absolute atomic E-state index is 0.203. The number of methoxy groups -OCH3 is 2. The molecule has 0 aliphatic carbocycles.